The van der Waals surface area contributed by atoms with Crippen LogP contribution in [0.2, 0.25) is 0 Å². The Balaban J connectivity index is 2.87. The average Bonchev–Trinajstić information content (AvgIpc) is 2.93. The molecule has 9 heteroatoms. The third kappa shape index (κ3) is 3.68. The molecule has 0 amide bonds. The second-order valence-corrected chi connectivity index (χ2v) is 6.45. The van der Waals surface area contributed by atoms with E-state index in [9.17, 15) is 18.0 Å². The Labute approximate surface area is 117 Å². The predicted molar refractivity (Wildman–Crippen MR) is 68.1 cm³/mol. The van der Waals surface area contributed by atoms with Crippen LogP contribution >= 0.6 is 0 Å². The first-order valence-corrected chi connectivity index (χ1v) is 7.69. The Kier molecular flexibility index (Phi) is 5.90. The average molecular weight is 309 g/mol. The van der Waals surface area contributed by atoms with E-state index in [2.05, 4.69) is 14.2 Å². The van der Waals surface area contributed by atoms with Crippen LogP contribution in [0, 0.1) is 5.92 Å². The number of aliphatic hydroxyl groups excluding tert-OH is 1. The molecular weight excluding hydrogens is 290 g/mol. The summed E-state index contributed by atoms with van der Waals surface area (Å²) in [7, 11) is -1.66. The molecular formula is C11H19NO7S. The maximum atomic E-state index is 12.2. The normalized spacial score (nSPS) is 24.1. The van der Waals surface area contributed by atoms with Gasteiger partial charge < -0.3 is 14.6 Å². The van der Waals surface area contributed by atoms with Gasteiger partial charge in [0.2, 0.25) is 10.0 Å². The van der Waals surface area contributed by atoms with Gasteiger partial charge in [0, 0.05) is 0 Å². The molecule has 3 atom stereocenters. The van der Waals surface area contributed by atoms with Gasteiger partial charge in [-0.1, -0.05) is 6.42 Å². The molecule has 0 aromatic rings. The third-order valence-corrected chi connectivity index (χ3v) is 5.30. The Morgan fingerprint density at radius 1 is 1.30 bits per heavy atom. The lowest BCUT2D eigenvalue weighted by atomic mass is 10.1. The summed E-state index contributed by atoms with van der Waals surface area (Å²) in [6.45, 7) is -0.721. The Morgan fingerprint density at radius 3 is 2.45 bits per heavy atom. The number of nitrogens with one attached hydrogen (secondary N) is 1. The van der Waals surface area contributed by atoms with Crippen LogP contribution in [0.5, 0.6) is 0 Å². The van der Waals surface area contributed by atoms with Gasteiger partial charge in [-0.15, -0.1) is 0 Å². The number of hydrogen-bond acceptors (Lipinski definition) is 7. The van der Waals surface area contributed by atoms with Gasteiger partial charge in [0.1, 0.15) is 6.04 Å². The molecule has 0 aromatic carbocycles. The summed E-state index contributed by atoms with van der Waals surface area (Å²) in [4.78, 5) is 22.9. The fraction of sp³-hybridized carbons (Fsp3) is 0.818. The quantitative estimate of drug-likeness (QED) is 0.590. The third-order valence-electron chi connectivity index (χ3n) is 3.33. The molecule has 1 rings (SSSR count). The summed E-state index contributed by atoms with van der Waals surface area (Å²) in [6.07, 6.45) is 1.29. The fourth-order valence-corrected chi connectivity index (χ4v) is 4.21. The number of aliphatic hydroxyl groups is 1. The van der Waals surface area contributed by atoms with Crippen molar-refractivity contribution in [3.8, 4) is 0 Å². The fourth-order valence-electron chi connectivity index (χ4n) is 2.31. The second-order valence-electron chi connectivity index (χ2n) is 4.52. The molecule has 116 valence electrons. The van der Waals surface area contributed by atoms with Crippen LogP contribution in [0.1, 0.15) is 19.3 Å². The number of esters is 2. The molecule has 20 heavy (non-hydrogen) atoms. The van der Waals surface area contributed by atoms with Crippen molar-refractivity contribution in [2.24, 2.45) is 5.92 Å². The maximum absolute atomic E-state index is 12.2. The van der Waals surface area contributed by atoms with E-state index in [1.807, 2.05) is 0 Å². The van der Waals surface area contributed by atoms with Gasteiger partial charge in [0.05, 0.1) is 32.0 Å². The van der Waals surface area contributed by atoms with E-state index in [0.29, 0.717) is 19.3 Å². The van der Waals surface area contributed by atoms with E-state index >= 15 is 0 Å². The minimum absolute atomic E-state index is 0.300. The van der Waals surface area contributed by atoms with Crippen molar-refractivity contribution in [2.45, 2.75) is 30.6 Å². The number of sulfonamides is 1. The minimum Gasteiger partial charge on any atom is -0.469 e. The van der Waals surface area contributed by atoms with Crippen molar-refractivity contribution in [1.82, 2.24) is 4.72 Å². The first kappa shape index (κ1) is 16.9. The van der Waals surface area contributed by atoms with Gasteiger partial charge in [0.15, 0.2) is 0 Å². The highest BCUT2D eigenvalue weighted by Gasteiger charge is 2.43. The van der Waals surface area contributed by atoms with Gasteiger partial charge in [-0.25, -0.2) is 8.42 Å². The summed E-state index contributed by atoms with van der Waals surface area (Å²) >= 11 is 0. The van der Waals surface area contributed by atoms with Crippen molar-refractivity contribution in [1.29, 1.82) is 0 Å². The lowest BCUT2D eigenvalue weighted by Crippen LogP contribution is -2.49. The Morgan fingerprint density at radius 2 is 1.95 bits per heavy atom. The SMILES string of the molecule is COC(=O)C(CO)NS(=O)(=O)C1CCCC1C(=O)OC. The molecule has 1 aliphatic carbocycles. The zero-order valence-electron chi connectivity index (χ0n) is 11.4. The number of methoxy groups -OCH3 is 2. The van der Waals surface area contributed by atoms with Gasteiger partial charge in [-0.3, -0.25) is 9.59 Å². The number of carbonyl (C=O) groups is 2. The minimum atomic E-state index is -3.94. The standard InChI is InChI=1S/C11H19NO7S/c1-18-10(14)7-4-3-5-9(7)20(16,17)12-8(6-13)11(15)19-2/h7-9,12-13H,3-6H2,1-2H3. The largest absolute Gasteiger partial charge is 0.469 e. The number of hydrogen-bond donors (Lipinski definition) is 2. The van der Waals surface area contributed by atoms with E-state index < -0.39 is 45.8 Å². The van der Waals surface area contributed by atoms with Crippen LogP contribution in [-0.4, -0.2) is 57.6 Å². The van der Waals surface area contributed by atoms with Crippen molar-refractivity contribution >= 4 is 22.0 Å². The smallest absolute Gasteiger partial charge is 0.326 e. The van der Waals surface area contributed by atoms with E-state index in [1.165, 1.54) is 7.11 Å². The topological polar surface area (TPSA) is 119 Å². The molecule has 0 aliphatic heterocycles. The molecule has 0 saturated heterocycles. The molecule has 3 unspecified atom stereocenters. The first-order valence-electron chi connectivity index (χ1n) is 6.15. The van der Waals surface area contributed by atoms with Gasteiger partial charge in [0.25, 0.3) is 0 Å². The maximum Gasteiger partial charge on any atom is 0.326 e. The lowest BCUT2D eigenvalue weighted by Gasteiger charge is -2.21. The van der Waals surface area contributed by atoms with Crippen LogP contribution in [0.4, 0.5) is 0 Å². The molecule has 0 radical (unpaired) electrons. The van der Waals surface area contributed by atoms with Gasteiger partial charge in [-0.05, 0) is 12.8 Å². The van der Waals surface area contributed by atoms with Crippen LogP contribution in [0.15, 0.2) is 0 Å². The van der Waals surface area contributed by atoms with Crippen LogP contribution in [0.25, 0.3) is 0 Å². The number of ether oxygens (including phenoxy) is 2. The Hall–Kier alpha value is -1.19. The summed E-state index contributed by atoms with van der Waals surface area (Å²) in [6, 6.07) is -1.37. The number of rotatable bonds is 6. The van der Waals surface area contributed by atoms with Crippen molar-refractivity contribution in [3.63, 3.8) is 0 Å². The highest BCUT2D eigenvalue weighted by atomic mass is 32.2. The van der Waals surface area contributed by atoms with E-state index in [-0.39, 0.29) is 0 Å². The summed E-state index contributed by atoms with van der Waals surface area (Å²) < 4.78 is 35.5. The molecule has 0 spiro atoms. The molecule has 8 nitrogen and oxygen atoms in total. The predicted octanol–water partition coefficient (Wildman–Crippen LogP) is -1.22. The molecule has 1 saturated carbocycles. The van der Waals surface area contributed by atoms with Crippen LogP contribution in [0.3, 0.4) is 0 Å². The molecule has 2 N–H and O–H groups in total. The van der Waals surface area contributed by atoms with Gasteiger partial charge >= 0.3 is 11.9 Å². The molecule has 0 bridgehead atoms. The zero-order valence-corrected chi connectivity index (χ0v) is 12.2. The Bertz CT molecular complexity index is 461. The summed E-state index contributed by atoms with van der Waals surface area (Å²) in [5.74, 6) is -2.23. The number of carbonyl (C=O) groups excluding carboxylic acids is 2. The van der Waals surface area contributed by atoms with E-state index in [0.717, 1.165) is 7.11 Å². The highest BCUT2D eigenvalue weighted by molar-refractivity contribution is 7.90. The van der Waals surface area contributed by atoms with Crippen molar-refractivity contribution < 1.29 is 32.6 Å². The van der Waals surface area contributed by atoms with Crippen LogP contribution < -0.4 is 4.72 Å². The molecule has 1 fully saturated rings. The van der Waals surface area contributed by atoms with Crippen LogP contribution in [-0.2, 0) is 29.1 Å². The van der Waals surface area contributed by atoms with Crippen molar-refractivity contribution in [2.75, 3.05) is 20.8 Å². The second kappa shape index (κ2) is 7.00. The summed E-state index contributed by atoms with van der Waals surface area (Å²) in [5, 5.41) is 8.07. The zero-order chi connectivity index (χ0) is 15.3. The summed E-state index contributed by atoms with van der Waals surface area (Å²) in [5.41, 5.74) is 0. The molecule has 1 aliphatic rings. The van der Waals surface area contributed by atoms with Crippen molar-refractivity contribution in [3.05, 3.63) is 0 Å². The molecule has 0 heterocycles. The first-order chi connectivity index (χ1) is 9.37. The van der Waals surface area contributed by atoms with E-state index in [4.69, 9.17) is 5.11 Å². The highest BCUT2D eigenvalue weighted by Crippen LogP contribution is 2.31. The lowest BCUT2D eigenvalue weighted by molar-refractivity contribution is -0.145. The molecule has 0 aromatic heterocycles. The van der Waals surface area contributed by atoms with Gasteiger partial charge in [-0.2, -0.15) is 4.72 Å². The monoisotopic (exact) mass is 309 g/mol. The van der Waals surface area contributed by atoms with E-state index in [1.54, 1.807) is 0 Å².